The van der Waals surface area contributed by atoms with Crippen LogP contribution in [0.3, 0.4) is 0 Å². The summed E-state index contributed by atoms with van der Waals surface area (Å²) in [6.07, 6.45) is 6.01. The van der Waals surface area contributed by atoms with Gasteiger partial charge in [-0.15, -0.1) is 0 Å². The molecule has 6 rings (SSSR count). The average molecular weight is 550 g/mol. The van der Waals surface area contributed by atoms with Crippen LogP contribution in [0.2, 0.25) is 0 Å². The van der Waals surface area contributed by atoms with Crippen molar-refractivity contribution in [1.82, 2.24) is 34.9 Å². The lowest BCUT2D eigenvalue weighted by Gasteiger charge is -2.46. The van der Waals surface area contributed by atoms with Crippen molar-refractivity contribution in [2.45, 2.75) is 76.9 Å². The second-order valence-electron chi connectivity index (χ2n) is 12.5. The van der Waals surface area contributed by atoms with Gasteiger partial charge in [0.05, 0.1) is 30.1 Å². The molecule has 0 radical (unpaired) electrons. The van der Waals surface area contributed by atoms with Crippen molar-refractivity contribution in [3.8, 4) is 0 Å². The smallest absolute Gasteiger partial charge is 0.299 e. The van der Waals surface area contributed by atoms with Gasteiger partial charge in [0.15, 0.2) is 0 Å². The Bertz CT molecular complexity index is 1220. The van der Waals surface area contributed by atoms with Crippen LogP contribution >= 0.6 is 0 Å². The number of pyridine rings is 1. The van der Waals surface area contributed by atoms with Gasteiger partial charge in [-0.05, 0) is 81.1 Å². The van der Waals surface area contributed by atoms with Crippen LogP contribution in [0.4, 0.5) is 13.2 Å². The van der Waals surface area contributed by atoms with Gasteiger partial charge in [-0.25, -0.2) is 15.6 Å². The van der Waals surface area contributed by atoms with E-state index in [-0.39, 0.29) is 17.8 Å². The number of likely N-dealkylation sites (tertiary alicyclic amines) is 1. The Kier molecular flexibility index (Phi) is 7.56. The molecule has 8 nitrogen and oxygen atoms in total. The van der Waals surface area contributed by atoms with Gasteiger partial charge in [0, 0.05) is 25.5 Å². The maximum atomic E-state index is 14.3. The van der Waals surface area contributed by atoms with E-state index in [1.54, 1.807) is 6.20 Å². The summed E-state index contributed by atoms with van der Waals surface area (Å²) < 4.78 is 45.5. The zero-order valence-corrected chi connectivity index (χ0v) is 23.0. The summed E-state index contributed by atoms with van der Waals surface area (Å²) >= 11 is 0. The molecule has 5 atom stereocenters. The summed E-state index contributed by atoms with van der Waals surface area (Å²) in [7, 11) is 2.12. The fourth-order valence-corrected chi connectivity index (χ4v) is 7.57. The summed E-state index contributed by atoms with van der Waals surface area (Å²) in [4.78, 5) is 18.2. The molecule has 0 bridgehead atoms. The van der Waals surface area contributed by atoms with Gasteiger partial charge in [0.1, 0.15) is 0 Å². The normalized spacial score (nSPS) is 30.6. The highest BCUT2D eigenvalue weighted by molar-refractivity contribution is 5.56. The summed E-state index contributed by atoms with van der Waals surface area (Å²) in [6, 6.07) is 1.25. The largest absolute Gasteiger partial charge is 0.418 e. The topological polar surface area (TPSA) is 69.0 Å². The number of nitrogens with one attached hydrogen (secondary N) is 3. The van der Waals surface area contributed by atoms with E-state index >= 15 is 0 Å². The van der Waals surface area contributed by atoms with Crippen LogP contribution in [-0.2, 0) is 12.7 Å². The monoisotopic (exact) mass is 549 g/mol. The number of fused-ring (bicyclic) bond motifs is 1. The van der Waals surface area contributed by atoms with E-state index < -0.39 is 17.4 Å². The lowest BCUT2D eigenvalue weighted by Crippen LogP contribution is -2.52. The minimum Gasteiger partial charge on any atom is -0.299 e. The molecule has 1 aliphatic carbocycles. The van der Waals surface area contributed by atoms with Crippen LogP contribution in [0.1, 0.15) is 69.2 Å². The Morgan fingerprint density at radius 2 is 1.92 bits per heavy atom. The highest BCUT2D eigenvalue weighted by Gasteiger charge is 2.44. The molecule has 2 aromatic heterocycles. The Hall–Kier alpha value is -1.92. The Morgan fingerprint density at radius 1 is 1.10 bits per heavy atom. The van der Waals surface area contributed by atoms with E-state index in [2.05, 4.69) is 39.9 Å². The van der Waals surface area contributed by atoms with E-state index in [0.717, 1.165) is 52.0 Å². The van der Waals surface area contributed by atoms with Crippen molar-refractivity contribution in [2.24, 2.45) is 23.7 Å². The molecule has 3 unspecified atom stereocenters. The van der Waals surface area contributed by atoms with Crippen molar-refractivity contribution < 1.29 is 13.2 Å². The first kappa shape index (κ1) is 27.3. The number of imidazole rings is 1. The van der Waals surface area contributed by atoms with Crippen molar-refractivity contribution in [1.29, 1.82) is 0 Å². The average Bonchev–Trinajstić information content (AvgIpc) is 3.43. The summed E-state index contributed by atoms with van der Waals surface area (Å²) in [5.41, 5.74) is 6.06. The minimum atomic E-state index is -4.54. The second kappa shape index (κ2) is 10.8. The fraction of sp³-hybridized carbons (Fsp3) is 0.750. The molecular weight excluding hydrogens is 507 g/mol. The van der Waals surface area contributed by atoms with Crippen LogP contribution < -0.4 is 21.9 Å². The van der Waals surface area contributed by atoms with E-state index in [0.29, 0.717) is 35.8 Å². The molecule has 11 heteroatoms. The summed E-state index contributed by atoms with van der Waals surface area (Å²) in [5.74, 6) is 1.96. The lowest BCUT2D eigenvalue weighted by molar-refractivity contribution is -0.136. The molecule has 4 fully saturated rings. The quantitative estimate of drug-likeness (QED) is 0.512. The molecule has 3 aliphatic heterocycles. The minimum absolute atomic E-state index is 0.0656. The number of hydrogen-bond acceptors (Lipinski definition) is 6. The maximum absolute atomic E-state index is 14.3. The first-order chi connectivity index (χ1) is 18.7. The predicted molar refractivity (Wildman–Crippen MR) is 144 cm³/mol. The number of alkyl halides is 3. The van der Waals surface area contributed by atoms with Gasteiger partial charge in [0.2, 0.25) is 0 Å². The third-order valence-corrected chi connectivity index (χ3v) is 9.71. The van der Waals surface area contributed by atoms with Crippen molar-refractivity contribution >= 4 is 5.52 Å². The van der Waals surface area contributed by atoms with Crippen LogP contribution in [0.5, 0.6) is 0 Å². The first-order valence-electron chi connectivity index (χ1n) is 14.7. The summed E-state index contributed by atoms with van der Waals surface area (Å²) in [5, 5.41) is 3.45. The number of piperidine rings is 2. The van der Waals surface area contributed by atoms with Crippen LogP contribution in [0.15, 0.2) is 23.3 Å². The van der Waals surface area contributed by atoms with E-state index in [1.165, 1.54) is 40.5 Å². The summed E-state index contributed by atoms with van der Waals surface area (Å²) in [6.45, 7) is 5.86. The number of aromatic nitrogens is 2. The number of rotatable bonds is 6. The van der Waals surface area contributed by atoms with Gasteiger partial charge in [0.25, 0.3) is 0 Å². The van der Waals surface area contributed by atoms with E-state index in [1.807, 2.05) is 0 Å². The van der Waals surface area contributed by atoms with Gasteiger partial charge in [-0.1, -0.05) is 26.2 Å². The number of halogens is 3. The van der Waals surface area contributed by atoms with Gasteiger partial charge in [-0.2, -0.15) is 13.2 Å². The molecule has 4 aliphatic rings. The first-order valence-corrected chi connectivity index (χ1v) is 14.7. The zero-order chi connectivity index (χ0) is 27.3. The SMILES string of the molecule is C[C@H]1CCCN(Cc2cc(C(F)(F)F)c3cn(C4CC([C@H](C5CCC5)C5NNCN5C)CCN4)c(=O)n3c2)C1. The standard InChI is InChI=1S/C28H42F3N7O/c1-18-5-4-10-36(13-18)14-19-11-22(28(29,30)31)23-16-38(27(39)37(23)15-19)24-12-21(8-9-32-24)25(20-6-3-7-20)26-34-33-17-35(26)2/h11,15-16,18,20-21,24-26,32-34H,3-10,12-14,17H2,1-2H3/t18-,21?,24?,25-,26?/m0/s1. The molecule has 2 aromatic rings. The molecule has 0 aromatic carbocycles. The third-order valence-electron chi connectivity index (χ3n) is 9.71. The molecule has 0 amide bonds. The highest BCUT2D eigenvalue weighted by atomic mass is 19.4. The number of nitrogens with zero attached hydrogens (tertiary/aromatic N) is 4. The zero-order valence-electron chi connectivity index (χ0n) is 23.0. The second-order valence-corrected chi connectivity index (χ2v) is 12.5. The van der Waals surface area contributed by atoms with Crippen LogP contribution in [0, 0.1) is 23.7 Å². The third kappa shape index (κ3) is 5.40. The van der Waals surface area contributed by atoms with Crippen molar-refractivity contribution in [2.75, 3.05) is 33.4 Å². The lowest BCUT2D eigenvalue weighted by atomic mass is 9.66. The Balaban J connectivity index is 1.31. The van der Waals surface area contributed by atoms with Crippen molar-refractivity contribution in [3.63, 3.8) is 0 Å². The highest BCUT2D eigenvalue weighted by Crippen LogP contribution is 2.44. The van der Waals surface area contributed by atoms with Gasteiger partial charge in [-0.3, -0.25) is 24.1 Å². The van der Waals surface area contributed by atoms with Gasteiger partial charge >= 0.3 is 11.9 Å². The van der Waals surface area contributed by atoms with Gasteiger partial charge < -0.3 is 0 Å². The van der Waals surface area contributed by atoms with E-state index in [4.69, 9.17) is 0 Å². The maximum Gasteiger partial charge on any atom is 0.418 e. The molecule has 3 N–H and O–H groups in total. The molecular formula is C28H42F3N7O. The predicted octanol–water partition coefficient (Wildman–Crippen LogP) is 3.59. The van der Waals surface area contributed by atoms with Crippen LogP contribution in [0.25, 0.3) is 5.52 Å². The fourth-order valence-electron chi connectivity index (χ4n) is 7.57. The molecule has 216 valence electrons. The molecule has 0 spiro atoms. The van der Waals surface area contributed by atoms with Crippen molar-refractivity contribution in [3.05, 3.63) is 40.1 Å². The van der Waals surface area contributed by atoms with Crippen LogP contribution in [-0.4, -0.2) is 58.3 Å². The molecule has 5 heterocycles. The number of hydrogen-bond donors (Lipinski definition) is 3. The molecule has 3 saturated heterocycles. The molecule has 39 heavy (non-hydrogen) atoms. The molecule has 1 saturated carbocycles. The van der Waals surface area contributed by atoms with E-state index in [9.17, 15) is 18.0 Å². The Morgan fingerprint density at radius 3 is 2.59 bits per heavy atom. The number of hydrazine groups is 1. The Labute approximate surface area is 227 Å².